The van der Waals surface area contributed by atoms with E-state index in [1.54, 1.807) is 0 Å². The van der Waals surface area contributed by atoms with Crippen LogP contribution in [0.1, 0.15) is 18.4 Å². The first-order valence-corrected chi connectivity index (χ1v) is 15.3. The smallest absolute Gasteiger partial charge is 0.322 e. The van der Waals surface area contributed by atoms with Crippen LogP contribution in [0.4, 0.5) is 22.0 Å². The summed E-state index contributed by atoms with van der Waals surface area (Å²) in [6.07, 6.45) is 5.74. The molecule has 0 bridgehead atoms. The van der Waals surface area contributed by atoms with Gasteiger partial charge in [0.2, 0.25) is 5.91 Å². The molecule has 2 aromatic heterocycles. The minimum Gasteiger partial charge on any atom is -0.341 e. The van der Waals surface area contributed by atoms with Gasteiger partial charge < -0.3 is 25.0 Å². The maximum Gasteiger partial charge on any atom is 0.322 e. The zero-order valence-corrected chi connectivity index (χ0v) is 24.9. The van der Waals surface area contributed by atoms with Crippen molar-refractivity contribution in [2.75, 3.05) is 30.3 Å². The van der Waals surface area contributed by atoms with Gasteiger partial charge in [-0.15, -0.1) is 0 Å². The molecule has 9 nitrogen and oxygen atoms in total. The second-order valence-corrected chi connectivity index (χ2v) is 11.6. The third-order valence-corrected chi connectivity index (χ3v) is 8.89. The average Bonchev–Trinajstić information content (AvgIpc) is 3.32. The summed E-state index contributed by atoms with van der Waals surface area (Å²) in [5.41, 5.74) is 5.27. The van der Waals surface area contributed by atoms with Gasteiger partial charge in [-0.25, -0.2) is 14.8 Å². The first-order valence-electron chi connectivity index (χ1n) is 14.9. The number of carbonyl (C=O) groups is 2. The molecule has 1 saturated heterocycles. The number of hydrogen-bond donors (Lipinski definition) is 2. The Kier molecular flexibility index (Phi) is 7.62. The van der Waals surface area contributed by atoms with Crippen molar-refractivity contribution < 1.29 is 9.59 Å². The molecule has 1 fully saturated rings. The van der Waals surface area contributed by atoms with Crippen molar-refractivity contribution in [1.82, 2.24) is 24.3 Å². The van der Waals surface area contributed by atoms with Crippen LogP contribution in [-0.4, -0.2) is 61.9 Å². The lowest BCUT2D eigenvalue weighted by Gasteiger charge is -2.38. The highest BCUT2D eigenvalue weighted by molar-refractivity contribution is 6.33. The molecule has 0 unspecified atom stereocenters. The first kappa shape index (κ1) is 27.9. The molecule has 3 amide bonds. The SMILES string of the molecule is O=C(Cn1cc(-c2ccccc2Cl)c2c(Nc3ccccc3)ncnc21)N1CCC(N2CCc3ccccc3NC2=O)CC1. The van der Waals surface area contributed by atoms with Crippen LogP contribution in [0.5, 0.6) is 0 Å². The normalized spacial score (nSPS) is 15.5. The van der Waals surface area contributed by atoms with Crippen LogP contribution in [0.25, 0.3) is 22.2 Å². The number of aromatic nitrogens is 3. The molecule has 44 heavy (non-hydrogen) atoms. The number of piperidine rings is 1. The van der Waals surface area contributed by atoms with Crippen LogP contribution in [0, 0.1) is 0 Å². The molecule has 4 heterocycles. The molecule has 2 aliphatic rings. The van der Waals surface area contributed by atoms with E-state index < -0.39 is 0 Å². The number of para-hydroxylation sites is 2. The monoisotopic (exact) mass is 605 g/mol. The van der Waals surface area contributed by atoms with Crippen molar-refractivity contribution in [2.45, 2.75) is 31.8 Å². The number of benzene rings is 3. The standard InChI is InChI=1S/C34H32ClN7O2/c35-28-12-6-5-11-26(28)27-20-41(33-31(27)32(36-22-37-33)38-24-9-2-1-3-10-24)21-30(43)40-17-15-25(16-18-40)42-19-14-23-8-4-7-13-29(23)39-34(42)44/h1-13,20,22,25H,14-19,21H2,(H,39,44)(H,36,37,38). The van der Waals surface area contributed by atoms with Gasteiger partial charge in [-0.3, -0.25) is 4.79 Å². The topological polar surface area (TPSA) is 95.4 Å². The minimum absolute atomic E-state index is 0.00922. The van der Waals surface area contributed by atoms with Crippen molar-refractivity contribution in [1.29, 1.82) is 0 Å². The molecule has 0 aliphatic carbocycles. The molecular formula is C34H32ClN7O2. The van der Waals surface area contributed by atoms with Crippen molar-refractivity contribution in [2.24, 2.45) is 0 Å². The van der Waals surface area contributed by atoms with Gasteiger partial charge in [0, 0.05) is 59.4 Å². The minimum atomic E-state index is -0.0646. The number of halogens is 1. The summed E-state index contributed by atoms with van der Waals surface area (Å²) >= 11 is 6.65. The van der Waals surface area contributed by atoms with Gasteiger partial charge in [-0.05, 0) is 49.1 Å². The van der Waals surface area contributed by atoms with Crippen LogP contribution in [0.2, 0.25) is 5.02 Å². The zero-order chi connectivity index (χ0) is 30.0. The van der Waals surface area contributed by atoms with E-state index in [-0.39, 0.29) is 24.5 Å². The Morgan fingerprint density at radius 1 is 0.909 bits per heavy atom. The lowest BCUT2D eigenvalue weighted by molar-refractivity contribution is -0.133. The molecule has 0 saturated carbocycles. The number of nitrogens with one attached hydrogen (secondary N) is 2. The van der Waals surface area contributed by atoms with Gasteiger partial charge >= 0.3 is 6.03 Å². The number of likely N-dealkylation sites (tertiary alicyclic amines) is 1. The van der Waals surface area contributed by atoms with E-state index in [0.29, 0.717) is 36.1 Å². The summed E-state index contributed by atoms with van der Waals surface area (Å²) in [5.74, 6) is 0.649. The second kappa shape index (κ2) is 12.0. The van der Waals surface area contributed by atoms with Gasteiger partial charge in [0.25, 0.3) is 0 Å². The predicted octanol–water partition coefficient (Wildman–Crippen LogP) is 6.58. The number of carbonyl (C=O) groups excluding carboxylic acids is 2. The Labute approximate surface area is 260 Å². The summed E-state index contributed by atoms with van der Waals surface area (Å²) < 4.78 is 1.89. The predicted molar refractivity (Wildman–Crippen MR) is 173 cm³/mol. The molecule has 0 spiro atoms. The van der Waals surface area contributed by atoms with Gasteiger partial charge in [0.05, 0.1) is 5.39 Å². The molecule has 2 aliphatic heterocycles. The van der Waals surface area contributed by atoms with Crippen molar-refractivity contribution in [3.8, 4) is 11.1 Å². The lowest BCUT2D eigenvalue weighted by Crippen LogP contribution is -2.50. The first-order chi connectivity index (χ1) is 21.5. The van der Waals surface area contributed by atoms with E-state index in [4.69, 9.17) is 11.6 Å². The number of urea groups is 1. The number of rotatable bonds is 6. The quantitative estimate of drug-likeness (QED) is 0.228. The third kappa shape index (κ3) is 5.46. The summed E-state index contributed by atoms with van der Waals surface area (Å²) in [5, 5.41) is 7.89. The Morgan fingerprint density at radius 2 is 1.66 bits per heavy atom. The number of anilines is 3. The Bertz CT molecular complexity index is 1830. The summed E-state index contributed by atoms with van der Waals surface area (Å²) in [7, 11) is 0. The van der Waals surface area contributed by atoms with Crippen LogP contribution >= 0.6 is 11.6 Å². The van der Waals surface area contributed by atoms with E-state index in [1.165, 1.54) is 6.33 Å². The van der Waals surface area contributed by atoms with Gasteiger partial charge in [-0.2, -0.15) is 0 Å². The number of amides is 3. The molecule has 3 aromatic carbocycles. The molecule has 0 radical (unpaired) electrons. The largest absolute Gasteiger partial charge is 0.341 e. The van der Waals surface area contributed by atoms with Gasteiger partial charge in [0.15, 0.2) is 0 Å². The molecule has 0 atom stereocenters. The molecule has 7 rings (SSSR count). The number of fused-ring (bicyclic) bond motifs is 2. The highest BCUT2D eigenvalue weighted by Crippen LogP contribution is 2.38. The van der Waals surface area contributed by atoms with Crippen LogP contribution < -0.4 is 10.6 Å². The zero-order valence-electron chi connectivity index (χ0n) is 24.1. The van der Waals surface area contributed by atoms with Gasteiger partial charge in [-0.1, -0.05) is 66.2 Å². The van der Waals surface area contributed by atoms with Crippen LogP contribution in [-0.2, 0) is 17.8 Å². The maximum absolute atomic E-state index is 13.7. The van der Waals surface area contributed by atoms with Crippen molar-refractivity contribution in [3.05, 3.63) is 102 Å². The average molecular weight is 606 g/mol. The summed E-state index contributed by atoms with van der Waals surface area (Å²) in [6, 6.07) is 25.5. The van der Waals surface area contributed by atoms with Crippen molar-refractivity contribution >= 4 is 51.8 Å². The molecule has 10 heteroatoms. The van der Waals surface area contributed by atoms with Crippen molar-refractivity contribution in [3.63, 3.8) is 0 Å². The molecule has 2 N–H and O–H groups in total. The number of nitrogens with zero attached hydrogens (tertiary/aromatic N) is 5. The Balaban J connectivity index is 1.11. The summed E-state index contributed by atoms with van der Waals surface area (Å²) in [4.78, 5) is 39.7. The van der Waals surface area contributed by atoms with Gasteiger partial charge in [0.1, 0.15) is 24.3 Å². The maximum atomic E-state index is 13.7. The Morgan fingerprint density at radius 3 is 2.48 bits per heavy atom. The highest BCUT2D eigenvalue weighted by atomic mass is 35.5. The fourth-order valence-corrected chi connectivity index (χ4v) is 6.53. The van der Waals surface area contributed by atoms with E-state index in [9.17, 15) is 9.59 Å². The highest BCUT2D eigenvalue weighted by Gasteiger charge is 2.31. The van der Waals surface area contributed by atoms with E-state index in [0.717, 1.165) is 52.7 Å². The fraction of sp³-hybridized carbons (Fsp3) is 0.235. The molecule has 5 aromatic rings. The summed E-state index contributed by atoms with van der Waals surface area (Å²) in [6.45, 7) is 1.98. The van der Waals surface area contributed by atoms with E-state index in [2.05, 4.69) is 26.7 Å². The van der Waals surface area contributed by atoms with E-state index in [1.807, 2.05) is 93.4 Å². The molecular weight excluding hydrogens is 574 g/mol. The van der Waals surface area contributed by atoms with Crippen LogP contribution in [0.15, 0.2) is 91.4 Å². The Hall–Kier alpha value is -4.89. The molecule has 222 valence electrons. The lowest BCUT2D eigenvalue weighted by atomic mass is 10.0. The second-order valence-electron chi connectivity index (χ2n) is 11.2. The van der Waals surface area contributed by atoms with Crippen LogP contribution in [0.3, 0.4) is 0 Å². The third-order valence-electron chi connectivity index (χ3n) is 8.56. The number of hydrogen-bond acceptors (Lipinski definition) is 5. The van der Waals surface area contributed by atoms with E-state index >= 15 is 0 Å². The fourth-order valence-electron chi connectivity index (χ4n) is 6.29.